The first kappa shape index (κ1) is 28.8. The Balaban J connectivity index is 2.19. The predicted molar refractivity (Wildman–Crippen MR) is 136 cm³/mol. The minimum Gasteiger partial charge on any atom is -0.368 e. The van der Waals surface area contributed by atoms with E-state index < -0.39 is 18.0 Å². The zero-order valence-corrected chi connectivity index (χ0v) is 22.5. The Morgan fingerprint density at radius 2 is 1.60 bits per heavy atom. The predicted octanol–water partition coefficient (Wildman–Crippen LogP) is 1.52. The Hall–Kier alpha value is -2.42. The van der Waals surface area contributed by atoms with Crippen LogP contribution in [0.3, 0.4) is 0 Å². The van der Waals surface area contributed by atoms with E-state index in [9.17, 15) is 19.2 Å². The summed E-state index contributed by atoms with van der Waals surface area (Å²) >= 11 is 0. The van der Waals surface area contributed by atoms with Gasteiger partial charge in [-0.15, -0.1) is 0 Å². The standard InChI is InChI=1S/C26H45N5O4/c1-16(2)21(15-18(5)25(34)31-14-10-12-19(31)23(27)32)30(7)26(35)22(17(3)4)28-24(33)20-11-8-9-13-29(20)6/h15-17,19-22H,8-14H2,1-7H3,(H2,27,32)(H,28,33)/t19-,20?,21+,22-/m0/s1. The number of likely N-dealkylation sites (tertiary alicyclic amines) is 2. The molecule has 2 heterocycles. The molecule has 0 aromatic heterocycles. The molecule has 0 aromatic rings. The van der Waals surface area contributed by atoms with Crippen molar-refractivity contribution in [2.75, 3.05) is 27.2 Å². The average molecular weight is 492 g/mol. The molecule has 2 rings (SSSR count). The van der Waals surface area contributed by atoms with Gasteiger partial charge in [0.2, 0.25) is 23.6 Å². The lowest BCUT2D eigenvalue weighted by atomic mass is 9.96. The number of primary amides is 1. The molecule has 2 fully saturated rings. The third-order valence-corrected chi connectivity index (χ3v) is 7.38. The Morgan fingerprint density at radius 3 is 2.14 bits per heavy atom. The number of hydrogen-bond donors (Lipinski definition) is 2. The Bertz CT molecular complexity index is 825. The van der Waals surface area contributed by atoms with Crippen LogP contribution in [0.1, 0.15) is 66.7 Å². The van der Waals surface area contributed by atoms with Crippen LogP contribution in [0.15, 0.2) is 11.6 Å². The van der Waals surface area contributed by atoms with Gasteiger partial charge in [-0.25, -0.2) is 0 Å². The van der Waals surface area contributed by atoms with Crippen molar-refractivity contribution >= 4 is 23.6 Å². The lowest BCUT2D eigenvalue weighted by Gasteiger charge is -2.36. The molecule has 2 aliphatic rings. The van der Waals surface area contributed by atoms with Crippen molar-refractivity contribution in [2.24, 2.45) is 17.6 Å². The van der Waals surface area contributed by atoms with Crippen LogP contribution in [0.25, 0.3) is 0 Å². The van der Waals surface area contributed by atoms with E-state index in [-0.39, 0.29) is 41.6 Å². The van der Waals surface area contributed by atoms with Gasteiger partial charge in [-0.2, -0.15) is 0 Å². The van der Waals surface area contributed by atoms with E-state index in [1.54, 1.807) is 24.9 Å². The van der Waals surface area contributed by atoms with E-state index in [0.29, 0.717) is 18.5 Å². The number of nitrogens with zero attached hydrogens (tertiary/aromatic N) is 3. The Labute approximate surface area is 210 Å². The maximum Gasteiger partial charge on any atom is 0.249 e. The highest BCUT2D eigenvalue weighted by Crippen LogP contribution is 2.22. The number of nitrogens with two attached hydrogens (primary N) is 1. The maximum atomic E-state index is 13.6. The van der Waals surface area contributed by atoms with Crippen LogP contribution >= 0.6 is 0 Å². The highest BCUT2D eigenvalue weighted by atomic mass is 16.2. The van der Waals surface area contributed by atoms with Gasteiger partial charge in [0.05, 0.1) is 12.1 Å². The van der Waals surface area contributed by atoms with E-state index in [1.165, 1.54) is 4.90 Å². The molecular formula is C26H45N5O4. The van der Waals surface area contributed by atoms with Crippen molar-refractivity contribution in [2.45, 2.75) is 90.9 Å². The van der Waals surface area contributed by atoms with Crippen LogP contribution in [0, 0.1) is 11.8 Å². The molecule has 9 heteroatoms. The number of nitrogens with one attached hydrogen (secondary N) is 1. The second-order valence-electron chi connectivity index (χ2n) is 10.8. The van der Waals surface area contributed by atoms with E-state index in [2.05, 4.69) is 10.2 Å². The summed E-state index contributed by atoms with van der Waals surface area (Å²) in [4.78, 5) is 56.7. The third-order valence-electron chi connectivity index (χ3n) is 7.38. The maximum absolute atomic E-state index is 13.6. The quantitative estimate of drug-likeness (QED) is 0.475. The van der Waals surface area contributed by atoms with Crippen molar-refractivity contribution in [3.05, 3.63) is 11.6 Å². The van der Waals surface area contributed by atoms with Crippen LogP contribution in [0.5, 0.6) is 0 Å². The SMILES string of the molecule is CC(=C[C@H](C(C)C)N(C)C(=O)[C@@H](NC(=O)C1CCCCN1C)C(C)C)C(=O)N1CCC[C@H]1C(N)=O. The fourth-order valence-corrected chi connectivity index (χ4v) is 5.15. The first-order valence-electron chi connectivity index (χ1n) is 12.9. The minimum atomic E-state index is -0.661. The number of rotatable bonds is 9. The zero-order valence-electron chi connectivity index (χ0n) is 22.5. The van der Waals surface area contributed by atoms with Gasteiger partial charge in [0, 0.05) is 19.2 Å². The van der Waals surface area contributed by atoms with Gasteiger partial charge in [-0.05, 0) is 58.0 Å². The molecule has 3 N–H and O–H groups in total. The van der Waals surface area contributed by atoms with Crippen LogP contribution in [-0.2, 0) is 19.2 Å². The molecule has 0 aromatic carbocycles. The number of amides is 4. The van der Waals surface area contributed by atoms with Crippen molar-refractivity contribution in [3.8, 4) is 0 Å². The minimum absolute atomic E-state index is 0.0326. The van der Waals surface area contributed by atoms with E-state index in [1.807, 2.05) is 34.7 Å². The molecular weight excluding hydrogens is 446 g/mol. The van der Waals surface area contributed by atoms with Gasteiger partial charge in [0.1, 0.15) is 12.1 Å². The lowest BCUT2D eigenvalue weighted by Crippen LogP contribution is -2.57. The van der Waals surface area contributed by atoms with Gasteiger partial charge >= 0.3 is 0 Å². The fourth-order valence-electron chi connectivity index (χ4n) is 5.15. The summed E-state index contributed by atoms with van der Waals surface area (Å²) in [5.41, 5.74) is 5.96. The van der Waals surface area contributed by atoms with Crippen LogP contribution in [0.4, 0.5) is 0 Å². The van der Waals surface area contributed by atoms with Crippen LogP contribution < -0.4 is 11.1 Å². The Morgan fingerprint density at radius 1 is 0.971 bits per heavy atom. The molecule has 35 heavy (non-hydrogen) atoms. The number of piperidine rings is 1. The van der Waals surface area contributed by atoms with E-state index in [0.717, 1.165) is 32.2 Å². The second-order valence-corrected chi connectivity index (χ2v) is 10.8. The summed E-state index contributed by atoms with van der Waals surface area (Å²) in [5.74, 6) is -1.07. The summed E-state index contributed by atoms with van der Waals surface area (Å²) < 4.78 is 0. The number of carbonyl (C=O) groups excluding carboxylic acids is 4. The van der Waals surface area contributed by atoms with Gasteiger partial charge in [0.25, 0.3) is 0 Å². The van der Waals surface area contributed by atoms with Gasteiger partial charge < -0.3 is 20.9 Å². The molecule has 198 valence electrons. The molecule has 9 nitrogen and oxygen atoms in total. The molecule has 4 amide bonds. The molecule has 0 radical (unpaired) electrons. The first-order valence-corrected chi connectivity index (χ1v) is 12.9. The molecule has 2 aliphatic heterocycles. The monoisotopic (exact) mass is 491 g/mol. The van der Waals surface area contributed by atoms with Crippen LogP contribution in [-0.4, -0.2) is 89.7 Å². The summed E-state index contributed by atoms with van der Waals surface area (Å²) in [6.45, 7) is 10.9. The highest BCUT2D eigenvalue weighted by Gasteiger charge is 2.36. The molecule has 0 spiro atoms. The van der Waals surface area contributed by atoms with Crippen molar-refractivity contribution < 1.29 is 19.2 Å². The third kappa shape index (κ3) is 7.06. The number of carbonyl (C=O) groups is 4. The lowest BCUT2D eigenvalue weighted by molar-refractivity contribution is -0.139. The molecule has 0 aliphatic carbocycles. The summed E-state index contributed by atoms with van der Waals surface area (Å²) in [6, 6.07) is -1.81. The summed E-state index contributed by atoms with van der Waals surface area (Å²) in [5, 5.41) is 3.01. The summed E-state index contributed by atoms with van der Waals surface area (Å²) in [6.07, 6.45) is 5.99. The average Bonchev–Trinajstić information content (AvgIpc) is 3.29. The van der Waals surface area contributed by atoms with Crippen LogP contribution in [0.2, 0.25) is 0 Å². The number of likely N-dealkylation sites (N-methyl/N-ethyl adjacent to an activating group) is 2. The normalized spacial score (nSPS) is 23.3. The largest absolute Gasteiger partial charge is 0.368 e. The molecule has 1 unspecified atom stereocenters. The zero-order chi connectivity index (χ0) is 26.4. The van der Waals surface area contributed by atoms with Gasteiger partial charge in [-0.1, -0.05) is 40.2 Å². The smallest absolute Gasteiger partial charge is 0.249 e. The fraction of sp³-hybridized carbons (Fsp3) is 0.769. The molecule has 4 atom stereocenters. The summed E-state index contributed by atoms with van der Waals surface area (Å²) in [7, 11) is 3.67. The Kier molecular flexibility index (Phi) is 10.3. The molecule has 2 saturated heterocycles. The van der Waals surface area contributed by atoms with Gasteiger partial charge in [-0.3, -0.25) is 24.1 Å². The van der Waals surface area contributed by atoms with E-state index >= 15 is 0 Å². The van der Waals surface area contributed by atoms with Crippen molar-refractivity contribution in [1.29, 1.82) is 0 Å². The second kappa shape index (κ2) is 12.5. The highest BCUT2D eigenvalue weighted by molar-refractivity contribution is 5.97. The molecule has 0 saturated carbocycles. The van der Waals surface area contributed by atoms with E-state index in [4.69, 9.17) is 5.73 Å². The van der Waals surface area contributed by atoms with Crippen molar-refractivity contribution in [1.82, 2.24) is 20.0 Å². The first-order chi connectivity index (χ1) is 16.4. The topological polar surface area (TPSA) is 116 Å². The van der Waals surface area contributed by atoms with Crippen molar-refractivity contribution in [3.63, 3.8) is 0 Å². The van der Waals surface area contributed by atoms with Gasteiger partial charge in [0.15, 0.2) is 0 Å². The molecule has 0 bridgehead atoms. The number of hydrogen-bond acceptors (Lipinski definition) is 5.